The number of hydrogen-bond acceptors (Lipinski definition) is 1. The van der Waals surface area contributed by atoms with Gasteiger partial charge in [0.25, 0.3) is 0 Å². The van der Waals surface area contributed by atoms with Gasteiger partial charge in [-0.25, -0.2) is 4.39 Å². The van der Waals surface area contributed by atoms with Crippen LogP contribution in [-0.2, 0) is 4.79 Å². The molecule has 0 saturated heterocycles. The van der Waals surface area contributed by atoms with Gasteiger partial charge in [-0.3, -0.25) is 4.79 Å². The first-order valence-electron chi connectivity index (χ1n) is 5.77. The van der Waals surface area contributed by atoms with Crippen molar-refractivity contribution >= 4 is 11.5 Å². The van der Waals surface area contributed by atoms with Crippen LogP contribution in [0.3, 0.4) is 0 Å². The van der Waals surface area contributed by atoms with E-state index in [2.05, 4.69) is 0 Å². The Bertz CT molecular complexity index is 477. The van der Waals surface area contributed by atoms with Gasteiger partial charge >= 0.3 is 5.97 Å². The van der Waals surface area contributed by atoms with Gasteiger partial charge in [0, 0.05) is 0 Å². The van der Waals surface area contributed by atoms with Gasteiger partial charge < -0.3 is 5.11 Å². The molecule has 17 heavy (non-hydrogen) atoms. The zero-order valence-electron chi connectivity index (χ0n) is 9.74. The van der Waals surface area contributed by atoms with Gasteiger partial charge in [-0.15, -0.1) is 0 Å². The number of carbonyl (C=O) groups is 1. The van der Waals surface area contributed by atoms with Crippen molar-refractivity contribution in [3.05, 3.63) is 41.2 Å². The van der Waals surface area contributed by atoms with E-state index in [4.69, 9.17) is 5.11 Å². The topological polar surface area (TPSA) is 37.3 Å². The molecule has 1 aliphatic rings. The number of halogens is 1. The fourth-order valence-corrected chi connectivity index (χ4v) is 2.26. The second-order valence-corrected chi connectivity index (χ2v) is 4.45. The maximum absolute atomic E-state index is 13.4. The molecule has 1 N–H and O–H groups in total. The zero-order chi connectivity index (χ0) is 12.4. The van der Waals surface area contributed by atoms with Gasteiger partial charge in [0.05, 0.1) is 5.92 Å². The maximum Gasteiger partial charge on any atom is 0.306 e. The Morgan fingerprint density at radius 1 is 1.47 bits per heavy atom. The lowest BCUT2D eigenvalue weighted by Crippen LogP contribution is -2.16. The Morgan fingerprint density at radius 2 is 2.24 bits per heavy atom. The minimum Gasteiger partial charge on any atom is -0.481 e. The van der Waals surface area contributed by atoms with Crippen molar-refractivity contribution in [2.45, 2.75) is 26.2 Å². The molecule has 0 fully saturated rings. The molecule has 0 radical (unpaired) electrons. The van der Waals surface area contributed by atoms with Crippen LogP contribution in [0.15, 0.2) is 24.3 Å². The van der Waals surface area contributed by atoms with Gasteiger partial charge in [-0.2, -0.15) is 0 Å². The summed E-state index contributed by atoms with van der Waals surface area (Å²) in [7, 11) is 0. The third-order valence-electron chi connectivity index (χ3n) is 3.37. The average molecular weight is 234 g/mol. The minimum absolute atomic E-state index is 0.205. The molecule has 0 bridgehead atoms. The summed E-state index contributed by atoms with van der Waals surface area (Å²) in [6.07, 6.45) is 3.82. The Kier molecular flexibility index (Phi) is 3.27. The summed E-state index contributed by atoms with van der Waals surface area (Å²) in [6, 6.07) is 5.04. The maximum atomic E-state index is 13.4. The highest BCUT2D eigenvalue weighted by atomic mass is 19.1. The number of hydrogen-bond donors (Lipinski definition) is 1. The normalized spacial score (nSPS) is 19.9. The fraction of sp³-hybridized carbons (Fsp3) is 0.357. The highest BCUT2D eigenvalue weighted by molar-refractivity contribution is 5.74. The summed E-state index contributed by atoms with van der Waals surface area (Å²) in [6.45, 7) is 1.76. The van der Waals surface area contributed by atoms with Crippen molar-refractivity contribution in [3.8, 4) is 0 Å². The highest BCUT2D eigenvalue weighted by Gasteiger charge is 2.22. The summed E-state index contributed by atoms with van der Waals surface area (Å²) in [5.74, 6) is -1.23. The van der Waals surface area contributed by atoms with Gasteiger partial charge in [0.1, 0.15) is 5.82 Å². The van der Waals surface area contributed by atoms with Crippen LogP contribution in [0, 0.1) is 18.7 Å². The molecule has 1 aliphatic carbocycles. The number of aliphatic carboxylic acids is 1. The summed E-state index contributed by atoms with van der Waals surface area (Å²) in [5.41, 5.74) is 2.63. The van der Waals surface area contributed by atoms with Crippen molar-refractivity contribution in [2.75, 3.05) is 0 Å². The molecule has 0 heterocycles. The third-order valence-corrected chi connectivity index (χ3v) is 3.37. The van der Waals surface area contributed by atoms with Crippen LogP contribution in [0.4, 0.5) is 4.39 Å². The summed E-state index contributed by atoms with van der Waals surface area (Å²) < 4.78 is 13.4. The molecule has 2 rings (SSSR count). The standard InChI is InChI=1S/C14H15FO2/c1-9-12(3-2-4-13(9)15)10-5-7-11(8-6-10)14(16)17/h2-5,11H,6-8H2,1H3,(H,16,17). The highest BCUT2D eigenvalue weighted by Crippen LogP contribution is 2.32. The lowest BCUT2D eigenvalue weighted by atomic mass is 9.85. The molecule has 0 aliphatic heterocycles. The first-order chi connectivity index (χ1) is 8.09. The fourth-order valence-electron chi connectivity index (χ4n) is 2.26. The molecule has 3 heteroatoms. The van der Waals surface area contributed by atoms with Crippen molar-refractivity contribution < 1.29 is 14.3 Å². The predicted molar refractivity (Wildman–Crippen MR) is 64.1 cm³/mol. The Hall–Kier alpha value is -1.64. The summed E-state index contributed by atoms with van der Waals surface area (Å²) in [5, 5.41) is 8.90. The SMILES string of the molecule is Cc1c(F)cccc1C1=CCC(C(=O)O)CC1. The Labute approximate surface area is 99.8 Å². The van der Waals surface area contributed by atoms with Crippen LogP contribution in [0.5, 0.6) is 0 Å². The number of benzene rings is 1. The second kappa shape index (κ2) is 4.70. The van der Waals surface area contributed by atoms with Crippen molar-refractivity contribution in [1.29, 1.82) is 0 Å². The average Bonchev–Trinajstić information content (AvgIpc) is 2.33. The number of carboxylic acid groups (broad SMARTS) is 1. The predicted octanol–water partition coefficient (Wildman–Crippen LogP) is 3.40. The molecular formula is C14H15FO2. The molecule has 1 aromatic rings. The summed E-state index contributed by atoms with van der Waals surface area (Å²) >= 11 is 0. The smallest absolute Gasteiger partial charge is 0.306 e. The molecule has 0 aromatic heterocycles. The van der Waals surface area contributed by atoms with Crippen LogP contribution >= 0.6 is 0 Å². The Balaban J connectivity index is 2.25. The molecule has 0 saturated carbocycles. The van der Waals surface area contributed by atoms with Crippen molar-refractivity contribution in [1.82, 2.24) is 0 Å². The molecule has 0 spiro atoms. The first kappa shape index (κ1) is 11.8. The van der Waals surface area contributed by atoms with Crippen LogP contribution in [0.25, 0.3) is 5.57 Å². The van der Waals surface area contributed by atoms with E-state index in [0.29, 0.717) is 24.8 Å². The number of rotatable bonds is 2. The Morgan fingerprint density at radius 3 is 2.82 bits per heavy atom. The third kappa shape index (κ3) is 2.38. The van der Waals surface area contributed by atoms with E-state index in [1.54, 1.807) is 13.0 Å². The minimum atomic E-state index is -0.740. The van der Waals surface area contributed by atoms with E-state index in [0.717, 1.165) is 11.1 Å². The number of allylic oxidation sites excluding steroid dienone is 2. The molecular weight excluding hydrogens is 219 g/mol. The number of carboxylic acids is 1. The molecule has 2 nitrogen and oxygen atoms in total. The van der Waals surface area contributed by atoms with Crippen molar-refractivity contribution in [3.63, 3.8) is 0 Å². The first-order valence-corrected chi connectivity index (χ1v) is 5.77. The van der Waals surface area contributed by atoms with Crippen LogP contribution in [-0.4, -0.2) is 11.1 Å². The van der Waals surface area contributed by atoms with E-state index in [9.17, 15) is 9.18 Å². The quantitative estimate of drug-likeness (QED) is 0.851. The molecule has 90 valence electrons. The lowest BCUT2D eigenvalue weighted by molar-refractivity contribution is -0.141. The molecule has 1 aromatic carbocycles. The van der Waals surface area contributed by atoms with Gasteiger partial charge in [0.2, 0.25) is 0 Å². The molecule has 1 atom stereocenters. The molecule has 1 unspecified atom stereocenters. The largest absolute Gasteiger partial charge is 0.481 e. The molecule has 0 amide bonds. The van der Waals surface area contributed by atoms with E-state index < -0.39 is 5.97 Å². The van der Waals surface area contributed by atoms with Gasteiger partial charge in [-0.1, -0.05) is 18.2 Å². The van der Waals surface area contributed by atoms with Crippen LogP contribution in [0.2, 0.25) is 0 Å². The van der Waals surface area contributed by atoms with E-state index >= 15 is 0 Å². The zero-order valence-corrected chi connectivity index (χ0v) is 9.74. The van der Waals surface area contributed by atoms with Crippen molar-refractivity contribution in [2.24, 2.45) is 5.92 Å². The summed E-state index contributed by atoms with van der Waals surface area (Å²) in [4.78, 5) is 10.8. The second-order valence-electron chi connectivity index (χ2n) is 4.45. The van der Waals surface area contributed by atoms with Crippen LogP contribution in [0.1, 0.15) is 30.4 Å². The van der Waals surface area contributed by atoms with E-state index in [1.807, 2.05) is 12.1 Å². The van der Waals surface area contributed by atoms with Crippen LogP contribution < -0.4 is 0 Å². The van der Waals surface area contributed by atoms with Gasteiger partial charge in [0.15, 0.2) is 0 Å². The van der Waals surface area contributed by atoms with E-state index in [1.165, 1.54) is 6.07 Å². The lowest BCUT2D eigenvalue weighted by Gasteiger charge is -2.20. The monoisotopic (exact) mass is 234 g/mol. The van der Waals surface area contributed by atoms with E-state index in [-0.39, 0.29) is 11.7 Å². The van der Waals surface area contributed by atoms with Gasteiger partial charge in [-0.05, 0) is 49.0 Å².